The van der Waals surface area contributed by atoms with Crippen molar-refractivity contribution in [2.24, 2.45) is 7.05 Å². The summed E-state index contributed by atoms with van der Waals surface area (Å²) >= 11 is 0. The molecule has 4 rings (SSSR count). The molecule has 2 aromatic heterocycles. The standard InChI is InChI=1S/C21H26N4O3S/c1-14-18(15(2)25(22-14)16-9-10-29(27,28)13-16)11-24(4)21(26)19-12-23(3)20-8-6-5-7-17(19)20/h5-8,12,16H,9-11,13H2,1-4H3/t16-/m1/s1. The molecular weight excluding hydrogens is 388 g/mol. The maximum Gasteiger partial charge on any atom is 0.256 e. The van der Waals surface area contributed by atoms with Crippen molar-refractivity contribution in [3.63, 3.8) is 0 Å². The van der Waals surface area contributed by atoms with Crippen molar-refractivity contribution in [2.45, 2.75) is 32.9 Å². The summed E-state index contributed by atoms with van der Waals surface area (Å²) in [5, 5.41) is 5.54. The van der Waals surface area contributed by atoms with Gasteiger partial charge in [0, 0.05) is 49.0 Å². The molecule has 1 aromatic carbocycles. The van der Waals surface area contributed by atoms with Gasteiger partial charge in [-0.15, -0.1) is 0 Å². The molecule has 0 radical (unpaired) electrons. The molecule has 1 aliphatic rings. The van der Waals surface area contributed by atoms with Crippen molar-refractivity contribution in [2.75, 3.05) is 18.6 Å². The van der Waals surface area contributed by atoms with E-state index in [1.165, 1.54) is 0 Å². The summed E-state index contributed by atoms with van der Waals surface area (Å²) in [4.78, 5) is 14.9. The minimum atomic E-state index is -2.98. The fourth-order valence-electron chi connectivity index (χ4n) is 4.28. The number of aromatic nitrogens is 3. The van der Waals surface area contributed by atoms with Crippen LogP contribution in [0.1, 0.15) is 39.8 Å². The number of rotatable bonds is 4. The van der Waals surface area contributed by atoms with Crippen molar-refractivity contribution in [3.05, 3.63) is 53.0 Å². The summed E-state index contributed by atoms with van der Waals surface area (Å²) in [6.45, 7) is 4.30. The zero-order chi connectivity index (χ0) is 20.9. The summed E-state index contributed by atoms with van der Waals surface area (Å²) < 4.78 is 27.5. The molecule has 3 heterocycles. The van der Waals surface area contributed by atoms with Crippen molar-refractivity contribution >= 4 is 26.6 Å². The Morgan fingerprint density at radius 1 is 1.28 bits per heavy atom. The first-order valence-electron chi connectivity index (χ1n) is 9.72. The molecule has 1 aliphatic heterocycles. The van der Waals surface area contributed by atoms with Crippen molar-refractivity contribution in [3.8, 4) is 0 Å². The highest BCUT2D eigenvalue weighted by Crippen LogP contribution is 2.28. The lowest BCUT2D eigenvalue weighted by atomic mass is 10.1. The van der Waals surface area contributed by atoms with Crippen LogP contribution in [0.4, 0.5) is 0 Å². The summed E-state index contributed by atoms with van der Waals surface area (Å²) in [6.07, 6.45) is 2.46. The number of benzene rings is 1. The molecule has 0 aliphatic carbocycles. The predicted octanol–water partition coefficient (Wildman–Crippen LogP) is 2.62. The van der Waals surface area contributed by atoms with Gasteiger partial charge in [0.1, 0.15) is 0 Å². The molecule has 1 amide bonds. The van der Waals surface area contributed by atoms with Gasteiger partial charge < -0.3 is 9.47 Å². The molecule has 0 saturated carbocycles. The van der Waals surface area contributed by atoms with E-state index in [1.54, 1.807) is 11.9 Å². The van der Waals surface area contributed by atoms with E-state index in [9.17, 15) is 13.2 Å². The normalized spacial score (nSPS) is 18.4. The number of amides is 1. The second-order valence-electron chi connectivity index (χ2n) is 7.98. The molecule has 1 atom stereocenters. The van der Waals surface area contributed by atoms with Gasteiger partial charge >= 0.3 is 0 Å². The van der Waals surface area contributed by atoms with Crippen LogP contribution in [0.25, 0.3) is 10.9 Å². The minimum Gasteiger partial charge on any atom is -0.350 e. The largest absolute Gasteiger partial charge is 0.350 e. The summed E-state index contributed by atoms with van der Waals surface area (Å²) in [7, 11) is 0.747. The average molecular weight is 415 g/mol. The van der Waals surface area contributed by atoms with Crippen molar-refractivity contribution in [1.82, 2.24) is 19.2 Å². The molecule has 0 N–H and O–H groups in total. The van der Waals surface area contributed by atoms with E-state index < -0.39 is 9.84 Å². The first-order valence-corrected chi connectivity index (χ1v) is 11.5. The Bertz CT molecular complexity index is 1210. The second-order valence-corrected chi connectivity index (χ2v) is 10.2. The molecule has 29 heavy (non-hydrogen) atoms. The van der Waals surface area contributed by atoms with Crippen LogP contribution in [0.2, 0.25) is 0 Å². The van der Waals surface area contributed by atoms with Crippen LogP contribution in [0.5, 0.6) is 0 Å². The molecule has 7 nitrogen and oxygen atoms in total. The van der Waals surface area contributed by atoms with E-state index in [4.69, 9.17) is 0 Å². The Kier molecular flexibility index (Phi) is 4.77. The third kappa shape index (κ3) is 3.46. The Labute approximate surface area is 170 Å². The SMILES string of the molecule is Cc1nn([C@@H]2CCS(=O)(=O)C2)c(C)c1CN(C)C(=O)c1cn(C)c2ccccc12. The number of aryl methyl sites for hydroxylation is 2. The van der Waals surface area contributed by atoms with Gasteiger partial charge in [-0.25, -0.2) is 8.42 Å². The Morgan fingerprint density at radius 3 is 2.69 bits per heavy atom. The number of hydrogen-bond acceptors (Lipinski definition) is 4. The maximum atomic E-state index is 13.2. The number of carbonyl (C=O) groups is 1. The van der Waals surface area contributed by atoms with Crippen LogP contribution in [0, 0.1) is 13.8 Å². The van der Waals surface area contributed by atoms with E-state index in [0.29, 0.717) is 18.5 Å². The molecule has 0 bridgehead atoms. The van der Waals surface area contributed by atoms with Crippen LogP contribution in [-0.4, -0.2) is 52.1 Å². The highest BCUT2D eigenvalue weighted by molar-refractivity contribution is 7.91. The summed E-state index contributed by atoms with van der Waals surface area (Å²) in [5.41, 5.74) is 4.44. The zero-order valence-electron chi connectivity index (χ0n) is 17.2. The maximum absolute atomic E-state index is 13.2. The van der Waals surface area contributed by atoms with Gasteiger partial charge in [0.2, 0.25) is 0 Å². The molecule has 3 aromatic rings. The molecule has 1 saturated heterocycles. The number of hydrogen-bond donors (Lipinski definition) is 0. The lowest BCUT2D eigenvalue weighted by molar-refractivity contribution is 0.0786. The number of carbonyl (C=O) groups excluding carboxylic acids is 1. The van der Waals surface area contributed by atoms with E-state index in [2.05, 4.69) is 5.10 Å². The van der Waals surface area contributed by atoms with Gasteiger partial charge in [0.25, 0.3) is 5.91 Å². The molecule has 0 spiro atoms. The monoisotopic (exact) mass is 414 g/mol. The average Bonchev–Trinajstić information content (AvgIpc) is 3.30. The molecule has 154 valence electrons. The summed E-state index contributed by atoms with van der Waals surface area (Å²) in [5.74, 6) is 0.307. The van der Waals surface area contributed by atoms with Gasteiger partial charge in [-0.1, -0.05) is 18.2 Å². The van der Waals surface area contributed by atoms with E-state index >= 15 is 0 Å². The smallest absolute Gasteiger partial charge is 0.256 e. The Balaban J connectivity index is 1.60. The predicted molar refractivity (Wildman–Crippen MR) is 113 cm³/mol. The summed E-state index contributed by atoms with van der Waals surface area (Å²) in [6, 6.07) is 7.75. The van der Waals surface area contributed by atoms with Gasteiger partial charge in [-0.05, 0) is 26.3 Å². The van der Waals surface area contributed by atoms with Crippen LogP contribution >= 0.6 is 0 Å². The number of fused-ring (bicyclic) bond motifs is 1. The van der Waals surface area contributed by atoms with Crippen molar-refractivity contribution in [1.29, 1.82) is 0 Å². The highest BCUT2D eigenvalue weighted by Gasteiger charge is 2.31. The number of nitrogens with zero attached hydrogens (tertiary/aromatic N) is 4. The molecular formula is C21H26N4O3S. The number of para-hydroxylation sites is 1. The third-order valence-electron chi connectivity index (χ3n) is 5.90. The topological polar surface area (TPSA) is 77.2 Å². The lowest BCUT2D eigenvalue weighted by Crippen LogP contribution is -2.26. The Morgan fingerprint density at radius 2 is 2.00 bits per heavy atom. The molecule has 0 unspecified atom stereocenters. The van der Waals surface area contributed by atoms with Gasteiger partial charge in [-0.2, -0.15) is 5.10 Å². The molecule has 8 heteroatoms. The van der Waals surface area contributed by atoms with Gasteiger partial charge in [0.05, 0.1) is 28.8 Å². The van der Waals surface area contributed by atoms with Crippen LogP contribution in [0.15, 0.2) is 30.5 Å². The highest BCUT2D eigenvalue weighted by atomic mass is 32.2. The first kappa shape index (κ1) is 19.7. The van der Waals surface area contributed by atoms with Crippen molar-refractivity contribution < 1.29 is 13.2 Å². The van der Waals surface area contributed by atoms with Gasteiger partial charge in [-0.3, -0.25) is 9.48 Å². The lowest BCUT2D eigenvalue weighted by Gasteiger charge is -2.18. The fraction of sp³-hybridized carbons (Fsp3) is 0.429. The third-order valence-corrected chi connectivity index (χ3v) is 7.65. The van der Waals surface area contributed by atoms with E-state index in [-0.39, 0.29) is 23.5 Å². The molecule has 1 fully saturated rings. The van der Waals surface area contributed by atoms with Crippen LogP contribution < -0.4 is 0 Å². The van der Waals surface area contributed by atoms with Crippen LogP contribution in [-0.2, 0) is 23.4 Å². The second kappa shape index (κ2) is 7.02. The quantitative estimate of drug-likeness (QED) is 0.658. The van der Waals surface area contributed by atoms with E-state index in [1.807, 2.05) is 60.6 Å². The fourth-order valence-corrected chi connectivity index (χ4v) is 5.97. The Hall–Kier alpha value is -2.61. The van der Waals surface area contributed by atoms with Gasteiger partial charge in [0.15, 0.2) is 9.84 Å². The van der Waals surface area contributed by atoms with E-state index in [0.717, 1.165) is 27.9 Å². The zero-order valence-corrected chi connectivity index (χ0v) is 18.0. The van der Waals surface area contributed by atoms with Crippen LogP contribution in [0.3, 0.4) is 0 Å². The minimum absolute atomic E-state index is 0.0446. The first-order chi connectivity index (χ1) is 13.7. The number of sulfone groups is 1.